The van der Waals surface area contributed by atoms with E-state index in [4.69, 9.17) is 0 Å². The highest BCUT2D eigenvalue weighted by molar-refractivity contribution is 6.51. The average molecular weight is 499 g/mol. The summed E-state index contributed by atoms with van der Waals surface area (Å²) in [6.07, 6.45) is 0. The van der Waals surface area contributed by atoms with Gasteiger partial charge in [-0.1, -0.05) is 72.8 Å². The molecule has 1 heterocycles. The predicted molar refractivity (Wildman–Crippen MR) is 153 cm³/mol. The van der Waals surface area contributed by atoms with Crippen molar-refractivity contribution in [3.05, 3.63) is 126 Å². The molecular formula is C33H26N2O3. The highest BCUT2D eigenvalue weighted by atomic mass is 16.3. The van der Waals surface area contributed by atoms with Gasteiger partial charge in [-0.15, -0.1) is 0 Å². The van der Waals surface area contributed by atoms with Gasteiger partial charge in [-0.25, -0.2) is 0 Å². The van der Waals surface area contributed by atoms with Crippen molar-refractivity contribution in [3.8, 4) is 0 Å². The van der Waals surface area contributed by atoms with Gasteiger partial charge in [-0.05, 0) is 63.5 Å². The lowest BCUT2D eigenvalue weighted by molar-refractivity contribution is -0.132. The number of amides is 1. The van der Waals surface area contributed by atoms with E-state index in [1.165, 1.54) is 4.90 Å². The van der Waals surface area contributed by atoms with Gasteiger partial charge in [0.2, 0.25) is 0 Å². The first kappa shape index (κ1) is 23.5. The number of para-hydroxylation sites is 1. The van der Waals surface area contributed by atoms with E-state index in [0.29, 0.717) is 11.3 Å². The Morgan fingerprint density at radius 3 is 2.05 bits per heavy atom. The van der Waals surface area contributed by atoms with Gasteiger partial charge in [0, 0.05) is 31.0 Å². The third kappa shape index (κ3) is 3.80. The van der Waals surface area contributed by atoms with Gasteiger partial charge in [0.15, 0.2) is 0 Å². The molecule has 0 saturated carbocycles. The molecule has 1 aliphatic heterocycles. The molecule has 1 fully saturated rings. The third-order valence-corrected chi connectivity index (χ3v) is 7.21. The fraction of sp³-hybridized carbons (Fsp3) is 0.0909. The Bertz CT molecular complexity index is 1740. The number of ketones is 1. The van der Waals surface area contributed by atoms with E-state index in [0.717, 1.165) is 32.8 Å². The van der Waals surface area contributed by atoms with Crippen LogP contribution in [0.15, 0.2) is 115 Å². The Balaban J connectivity index is 1.60. The van der Waals surface area contributed by atoms with Crippen LogP contribution in [0.2, 0.25) is 0 Å². The molecule has 186 valence electrons. The molecule has 0 aliphatic carbocycles. The highest BCUT2D eigenvalue weighted by Gasteiger charge is 2.47. The summed E-state index contributed by atoms with van der Waals surface area (Å²) in [6, 6.07) is 33.8. The van der Waals surface area contributed by atoms with Gasteiger partial charge < -0.3 is 10.0 Å². The molecule has 38 heavy (non-hydrogen) atoms. The second-order valence-electron chi connectivity index (χ2n) is 9.72. The summed E-state index contributed by atoms with van der Waals surface area (Å²) >= 11 is 0. The quantitative estimate of drug-likeness (QED) is 0.130. The van der Waals surface area contributed by atoms with E-state index in [9.17, 15) is 14.7 Å². The van der Waals surface area contributed by atoms with Crippen molar-refractivity contribution in [2.24, 2.45) is 0 Å². The zero-order chi connectivity index (χ0) is 26.4. The van der Waals surface area contributed by atoms with Gasteiger partial charge in [0.1, 0.15) is 5.76 Å². The second-order valence-corrected chi connectivity index (χ2v) is 9.72. The number of hydrogen-bond acceptors (Lipinski definition) is 4. The lowest BCUT2D eigenvalue weighted by Crippen LogP contribution is -2.29. The number of aliphatic hydroxyl groups is 1. The summed E-state index contributed by atoms with van der Waals surface area (Å²) in [7, 11) is 3.91. The first-order valence-corrected chi connectivity index (χ1v) is 12.5. The van der Waals surface area contributed by atoms with Crippen LogP contribution in [0.3, 0.4) is 0 Å². The predicted octanol–water partition coefficient (Wildman–Crippen LogP) is 6.69. The number of carbonyl (C=O) groups is 2. The number of anilines is 2. The molecule has 1 unspecified atom stereocenters. The van der Waals surface area contributed by atoms with E-state index in [-0.39, 0.29) is 11.3 Å². The minimum Gasteiger partial charge on any atom is -0.507 e. The molecule has 0 aromatic heterocycles. The Hall–Kier alpha value is -4.90. The number of carbonyl (C=O) groups excluding carboxylic acids is 2. The standard InChI is InChI=1S/C33H26N2O3/c1-34(2)25-17-15-21(16-18-25)30-29(32(37)33(38)35(30)26-12-4-3-5-13-26)31(36)27-14-8-11-24-19-22-9-6-7-10-23(22)20-28(24)27/h3-20,30,36H,1-2H3. The van der Waals surface area contributed by atoms with Crippen molar-refractivity contribution in [2.45, 2.75) is 6.04 Å². The number of fused-ring (bicyclic) bond motifs is 2. The smallest absolute Gasteiger partial charge is 0.300 e. The topological polar surface area (TPSA) is 60.9 Å². The largest absolute Gasteiger partial charge is 0.507 e. The van der Waals surface area contributed by atoms with Crippen molar-refractivity contribution in [1.29, 1.82) is 0 Å². The maximum atomic E-state index is 13.6. The SMILES string of the molecule is CN(C)c1ccc(C2C(=C(O)c3cccc4cc5ccccc5cc34)C(=O)C(=O)N2c2ccccc2)cc1. The zero-order valence-corrected chi connectivity index (χ0v) is 21.1. The van der Waals surface area contributed by atoms with Crippen molar-refractivity contribution >= 4 is 50.4 Å². The summed E-state index contributed by atoms with van der Waals surface area (Å²) < 4.78 is 0. The third-order valence-electron chi connectivity index (χ3n) is 7.21. The molecule has 1 saturated heterocycles. The van der Waals surface area contributed by atoms with Crippen molar-refractivity contribution in [1.82, 2.24) is 0 Å². The molecule has 5 aromatic carbocycles. The molecule has 1 N–H and O–H groups in total. The normalized spacial score (nSPS) is 16.9. The summed E-state index contributed by atoms with van der Waals surface area (Å²) in [4.78, 5) is 30.5. The van der Waals surface area contributed by atoms with Crippen LogP contribution >= 0.6 is 0 Å². The van der Waals surface area contributed by atoms with Gasteiger partial charge >= 0.3 is 0 Å². The summed E-state index contributed by atoms with van der Waals surface area (Å²) in [6.45, 7) is 0. The number of rotatable bonds is 4. The van der Waals surface area contributed by atoms with E-state index in [1.807, 2.05) is 104 Å². The molecule has 5 aromatic rings. The highest BCUT2D eigenvalue weighted by Crippen LogP contribution is 2.43. The second kappa shape index (κ2) is 9.20. The Morgan fingerprint density at radius 2 is 1.37 bits per heavy atom. The molecule has 6 rings (SSSR count). The van der Waals surface area contributed by atoms with E-state index in [2.05, 4.69) is 6.07 Å². The monoisotopic (exact) mass is 498 g/mol. The van der Waals surface area contributed by atoms with E-state index < -0.39 is 17.7 Å². The van der Waals surface area contributed by atoms with Crippen LogP contribution < -0.4 is 9.80 Å². The van der Waals surface area contributed by atoms with Crippen LogP contribution in [0.25, 0.3) is 27.3 Å². The molecule has 0 radical (unpaired) electrons. The Labute approximate surface area is 220 Å². The summed E-state index contributed by atoms with van der Waals surface area (Å²) in [5.41, 5.74) is 2.93. The molecule has 1 amide bonds. The fourth-order valence-electron chi connectivity index (χ4n) is 5.28. The van der Waals surface area contributed by atoms with Crippen molar-refractivity contribution < 1.29 is 14.7 Å². The molecule has 5 nitrogen and oxygen atoms in total. The maximum absolute atomic E-state index is 13.6. The first-order valence-electron chi connectivity index (χ1n) is 12.5. The zero-order valence-electron chi connectivity index (χ0n) is 21.1. The van der Waals surface area contributed by atoms with Crippen molar-refractivity contribution in [2.75, 3.05) is 23.9 Å². The number of benzene rings is 5. The van der Waals surface area contributed by atoms with Gasteiger partial charge in [-0.3, -0.25) is 14.5 Å². The maximum Gasteiger partial charge on any atom is 0.300 e. The number of nitrogens with zero attached hydrogens (tertiary/aromatic N) is 2. The summed E-state index contributed by atoms with van der Waals surface area (Å²) in [5, 5.41) is 15.7. The first-order chi connectivity index (χ1) is 18.4. The van der Waals surface area contributed by atoms with Crippen molar-refractivity contribution in [3.63, 3.8) is 0 Å². The number of hydrogen-bond donors (Lipinski definition) is 1. The molecule has 0 spiro atoms. The number of Topliss-reactive ketones (excluding diaryl/α,β-unsaturated/α-hetero) is 1. The Kier molecular flexibility index (Phi) is 5.69. The van der Waals surface area contributed by atoms with Gasteiger partial charge in [0.25, 0.3) is 11.7 Å². The minimum atomic E-state index is -0.774. The van der Waals surface area contributed by atoms with Gasteiger partial charge in [-0.2, -0.15) is 0 Å². The Morgan fingerprint density at radius 1 is 0.737 bits per heavy atom. The van der Waals surface area contributed by atoms with E-state index >= 15 is 0 Å². The van der Waals surface area contributed by atoms with Crippen LogP contribution in [0.4, 0.5) is 11.4 Å². The number of aliphatic hydroxyl groups excluding tert-OH is 1. The molecule has 1 atom stereocenters. The van der Waals surface area contributed by atoms with E-state index in [1.54, 1.807) is 18.2 Å². The van der Waals surface area contributed by atoms with Crippen LogP contribution in [0.1, 0.15) is 17.2 Å². The molecule has 0 bridgehead atoms. The van der Waals surface area contributed by atoms with Crippen LogP contribution in [0.5, 0.6) is 0 Å². The average Bonchev–Trinajstić information content (AvgIpc) is 3.21. The van der Waals surface area contributed by atoms with Crippen LogP contribution in [0, 0.1) is 0 Å². The van der Waals surface area contributed by atoms with Crippen LogP contribution in [-0.2, 0) is 9.59 Å². The lowest BCUT2D eigenvalue weighted by Gasteiger charge is -2.26. The lowest BCUT2D eigenvalue weighted by atomic mass is 9.92. The molecule has 1 aliphatic rings. The van der Waals surface area contributed by atoms with Crippen LogP contribution in [-0.4, -0.2) is 30.9 Å². The summed E-state index contributed by atoms with van der Waals surface area (Å²) in [5.74, 6) is -1.54. The molecular weight excluding hydrogens is 472 g/mol. The fourth-order valence-corrected chi connectivity index (χ4v) is 5.28. The minimum absolute atomic E-state index is 0.0807. The molecule has 5 heteroatoms. The van der Waals surface area contributed by atoms with Gasteiger partial charge in [0.05, 0.1) is 11.6 Å².